The third-order valence-corrected chi connectivity index (χ3v) is 4.69. The highest BCUT2D eigenvalue weighted by Crippen LogP contribution is 2.33. The molecular formula is C16H28N2O3. The minimum absolute atomic E-state index is 0.0551. The van der Waals surface area contributed by atoms with Crippen molar-refractivity contribution in [3.05, 3.63) is 0 Å². The van der Waals surface area contributed by atoms with Crippen LogP contribution in [-0.2, 0) is 14.3 Å². The SMILES string of the molecule is COC(=O)[C@H](CC(C)C)NC(=O)C1CC2CCCCC2N1. The predicted octanol–water partition coefficient (Wildman–Crippen LogP) is 1.61. The summed E-state index contributed by atoms with van der Waals surface area (Å²) in [5.41, 5.74) is 0. The maximum absolute atomic E-state index is 12.4. The summed E-state index contributed by atoms with van der Waals surface area (Å²) in [5.74, 6) is 0.539. The Bertz CT molecular complexity index is 370. The average molecular weight is 296 g/mol. The number of esters is 1. The Labute approximate surface area is 127 Å². The van der Waals surface area contributed by atoms with E-state index in [1.165, 1.54) is 32.8 Å². The molecule has 1 heterocycles. The topological polar surface area (TPSA) is 67.4 Å². The fraction of sp³-hybridized carbons (Fsp3) is 0.875. The Morgan fingerprint density at radius 3 is 2.62 bits per heavy atom. The van der Waals surface area contributed by atoms with E-state index in [0.717, 1.165) is 6.42 Å². The summed E-state index contributed by atoms with van der Waals surface area (Å²) in [7, 11) is 1.37. The van der Waals surface area contributed by atoms with Crippen LogP contribution in [0.25, 0.3) is 0 Å². The maximum Gasteiger partial charge on any atom is 0.328 e. The summed E-state index contributed by atoms with van der Waals surface area (Å²) in [5, 5.41) is 6.32. The molecule has 2 N–H and O–H groups in total. The van der Waals surface area contributed by atoms with Gasteiger partial charge in [-0.1, -0.05) is 26.7 Å². The zero-order valence-corrected chi connectivity index (χ0v) is 13.4. The second-order valence-electron chi connectivity index (χ2n) is 6.82. The van der Waals surface area contributed by atoms with Crippen molar-refractivity contribution in [2.24, 2.45) is 11.8 Å². The fourth-order valence-electron chi connectivity index (χ4n) is 3.62. The molecule has 0 spiro atoms. The number of rotatable bonds is 5. The van der Waals surface area contributed by atoms with E-state index in [1.54, 1.807) is 0 Å². The summed E-state index contributed by atoms with van der Waals surface area (Å²) in [6, 6.07) is -0.208. The van der Waals surface area contributed by atoms with E-state index in [0.29, 0.717) is 24.3 Å². The normalized spacial score (nSPS) is 29.8. The Kier molecular flexibility index (Phi) is 5.62. The molecule has 1 aliphatic carbocycles. The lowest BCUT2D eigenvalue weighted by atomic mass is 9.85. The largest absolute Gasteiger partial charge is 0.467 e. The van der Waals surface area contributed by atoms with Crippen LogP contribution < -0.4 is 10.6 Å². The van der Waals surface area contributed by atoms with Crippen LogP contribution in [0.3, 0.4) is 0 Å². The lowest BCUT2D eigenvalue weighted by Gasteiger charge is -2.24. The number of fused-ring (bicyclic) bond motifs is 1. The van der Waals surface area contributed by atoms with Crippen molar-refractivity contribution < 1.29 is 14.3 Å². The second-order valence-corrected chi connectivity index (χ2v) is 6.82. The summed E-state index contributed by atoms with van der Waals surface area (Å²) >= 11 is 0. The minimum atomic E-state index is -0.535. The molecule has 5 nitrogen and oxygen atoms in total. The molecule has 2 aliphatic rings. The molecule has 4 atom stereocenters. The standard InChI is InChI=1S/C16H28N2O3/c1-10(2)8-14(16(20)21-3)18-15(19)13-9-11-6-4-5-7-12(11)17-13/h10-14,17H,4-9H2,1-3H3,(H,18,19)/t11?,12?,13?,14-/m0/s1. The van der Waals surface area contributed by atoms with Crippen molar-refractivity contribution in [2.75, 3.05) is 7.11 Å². The van der Waals surface area contributed by atoms with Gasteiger partial charge in [-0.15, -0.1) is 0 Å². The minimum Gasteiger partial charge on any atom is -0.467 e. The van der Waals surface area contributed by atoms with Crippen molar-refractivity contribution in [1.29, 1.82) is 0 Å². The Balaban J connectivity index is 1.91. The first-order valence-electron chi connectivity index (χ1n) is 8.15. The van der Waals surface area contributed by atoms with Crippen molar-refractivity contribution in [1.82, 2.24) is 10.6 Å². The molecule has 5 heteroatoms. The van der Waals surface area contributed by atoms with Crippen LogP contribution in [0.5, 0.6) is 0 Å². The van der Waals surface area contributed by atoms with Crippen LogP contribution in [0.4, 0.5) is 0 Å². The van der Waals surface area contributed by atoms with E-state index < -0.39 is 6.04 Å². The number of methoxy groups -OCH3 is 1. The van der Waals surface area contributed by atoms with Gasteiger partial charge < -0.3 is 15.4 Å². The van der Waals surface area contributed by atoms with Gasteiger partial charge in [0.25, 0.3) is 0 Å². The molecule has 0 aromatic carbocycles. The third-order valence-electron chi connectivity index (χ3n) is 4.69. The number of amides is 1. The molecule has 0 bridgehead atoms. The van der Waals surface area contributed by atoms with E-state index in [4.69, 9.17) is 4.74 Å². The van der Waals surface area contributed by atoms with E-state index in [-0.39, 0.29) is 17.9 Å². The first-order valence-corrected chi connectivity index (χ1v) is 8.15. The zero-order chi connectivity index (χ0) is 15.4. The van der Waals surface area contributed by atoms with Gasteiger partial charge in [-0.2, -0.15) is 0 Å². The van der Waals surface area contributed by atoms with Gasteiger partial charge in [-0.05, 0) is 37.5 Å². The van der Waals surface area contributed by atoms with Crippen LogP contribution in [0.2, 0.25) is 0 Å². The molecule has 1 amide bonds. The summed E-state index contributed by atoms with van der Waals surface area (Å²) in [4.78, 5) is 24.2. The van der Waals surface area contributed by atoms with Crippen LogP contribution in [0.1, 0.15) is 52.4 Å². The van der Waals surface area contributed by atoms with Gasteiger partial charge in [0.1, 0.15) is 6.04 Å². The van der Waals surface area contributed by atoms with Gasteiger partial charge in [0.15, 0.2) is 0 Å². The lowest BCUT2D eigenvalue weighted by molar-refractivity contribution is -0.145. The molecule has 120 valence electrons. The van der Waals surface area contributed by atoms with Crippen LogP contribution in [0.15, 0.2) is 0 Å². The van der Waals surface area contributed by atoms with Crippen LogP contribution >= 0.6 is 0 Å². The zero-order valence-electron chi connectivity index (χ0n) is 13.4. The van der Waals surface area contributed by atoms with Gasteiger partial charge in [0.2, 0.25) is 5.91 Å². The van der Waals surface area contributed by atoms with Crippen molar-refractivity contribution >= 4 is 11.9 Å². The maximum atomic E-state index is 12.4. The second kappa shape index (κ2) is 7.25. The average Bonchev–Trinajstić information content (AvgIpc) is 2.89. The third kappa shape index (κ3) is 4.19. The van der Waals surface area contributed by atoms with E-state index in [2.05, 4.69) is 10.6 Å². The molecule has 1 saturated heterocycles. The molecule has 0 radical (unpaired) electrons. The van der Waals surface area contributed by atoms with Gasteiger partial charge in [0, 0.05) is 6.04 Å². The predicted molar refractivity (Wildman–Crippen MR) is 80.7 cm³/mol. The molecule has 0 aromatic heterocycles. The molecule has 2 fully saturated rings. The molecule has 21 heavy (non-hydrogen) atoms. The molecule has 1 saturated carbocycles. The number of carbonyl (C=O) groups is 2. The van der Waals surface area contributed by atoms with E-state index in [9.17, 15) is 9.59 Å². The quantitative estimate of drug-likeness (QED) is 0.756. The van der Waals surface area contributed by atoms with Crippen molar-refractivity contribution in [3.63, 3.8) is 0 Å². The molecule has 0 aromatic rings. The molecule has 3 unspecified atom stereocenters. The Morgan fingerprint density at radius 1 is 1.29 bits per heavy atom. The van der Waals surface area contributed by atoms with E-state index in [1.807, 2.05) is 13.8 Å². The highest BCUT2D eigenvalue weighted by atomic mass is 16.5. The van der Waals surface area contributed by atoms with Crippen LogP contribution in [-0.4, -0.2) is 37.1 Å². The Hall–Kier alpha value is -1.10. The lowest BCUT2D eigenvalue weighted by Crippen LogP contribution is -2.50. The summed E-state index contributed by atoms with van der Waals surface area (Å²) < 4.78 is 4.80. The fourth-order valence-corrected chi connectivity index (χ4v) is 3.62. The highest BCUT2D eigenvalue weighted by molar-refractivity contribution is 5.87. The highest BCUT2D eigenvalue weighted by Gasteiger charge is 2.39. The van der Waals surface area contributed by atoms with Gasteiger partial charge >= 0.3 is 5.97 Å². The molecular weight excluding hydrogens is 268 g/mol. The van der Waals surface area contributed by atoms with Crippen molar-refractivity contribution in [3.8, 4) is 0 Å². The first kappa shape index (κ1) is 16.3. The van der Waals surface area contributed by atoms with Gasteiger partial charge in [0.05, 0.1) is 13.2 Å². The molecule has 1 aliphatic heterocycles. The van der Waals surface area contributed by atoms with E-state index >= 15 is 0 Å². The van der Waals surface area contributed by atoms with Gasteiger partial charge in [-0.25, -0.2) is 4.79 Å². The number of hydrogen-bond acceptors (Lipinski definition) is 4. The van der Waals surface area contributed by atoms with Gasteiger partial charge in [-0.3, -0.25) is 4.79 Å². The smallest absolute Gasteiger partial charge is 0.328 e. The number of nitrogens with one attached hydrogen (secondary N) is 2. The summed E-state index contributed by atoms with van der Waals surface area (Å²) in [6.07, 6.45) is 6.41. The Morgan fingerprint density at radius 2 is 2.00 bits per heavy atom. The summed E-state index contributed by atoms with van der Waals surface area (Å²) in [6.45, 7) is 4.06. The monoisotopic (exact) mass is 296 g/mol. The number of carbonyl (C=O) groups excluding carboxylic acids is 2. The number of hydrogen-bond donors (Lipinski definition) is 2. The first-order chi connectivity index (χ1) is 10.0. The molecule has 2 rings (SSSR count). The van der Waals surface area contributed by atoms with Crippen molar-refractivity contribution in [2.45, 2.75) is 70.5 Å². The van der Waals surface area contributed by atoms with Crippen LogP contribution in [0, 0.1) is 11.8 Å². The number of ether oxygens (including phenoxy) is 1.